The Kier molecular flexibility index (Phi) is 5.17. The van der Waals surface area contributed by atoms with Gasteiger partial charge in [-0.3, -0.25) is 4.98 Å². The summed E-state index contributed by atoms with van der Waals surface area (Å²) in [7, 11) is 0. The van der Waals surface area contributed by atoms with Crippen molar-refractivity contribution in [3.8, 4) is 0 Å². The largest absolute Gasteiger partial charge is 0.301 e. The van der Waals surface area contributed by atoms with Gasteiger partial charge in [-0.2, -0.15) is 0 Å². The molecule has 2 heteroatoms. The summed E-state index contributed by atoms with van der Waals surface area (Å²) >= 11 is 0. The Hall–Kier alpha value is -2.45. The molecule has 0 radical (unpaired) electrons. The van der Waals surface area contributed by atoms with Crippen molar-refractivity contribution in [2.75, 3.05) is 0 Å². The van der Waals surface area contributed by atoms with Crippen molar-refractivity contribution in [3.63, 3.8) is 0 Å². The standard InChI is InChI=1S/C21H22N2/c1-2-18-12-6-7-13-19(18)21(20-14-8-9-15-22-20)23-16-17-10-4-3-5-11-17/h3-15,21,23H,2,16H2,1H3. The van der Waals surface area contributed by atoms with Gasteiger partial charge in [-0.25, -0.2) is 0 Å². The summed E-state index contributed by atoms with van der Waals surface area (Å²) in [5.41, 5.74) is 5.01. The molecule has 2 nitrogen and oxygen atoms in total. The SMILES string of the molecule is CCc1ccccc1C(NCc1ccccc1)c1ccccn1. The Morgan fingerprint density at radius 2 is 1.61 bits per heavy atom. The molecule has 0 spiro atoms. The van der Waals surface area contributed by atoms with Gasteiger partial charge in [0.1, 0.15) is 0 Å². The molecule has 116 valence electrons. The lowest BCUT2D eigenvalue weighted by Crippen LogP contribution is -2.24. The van der Waals surface area contributed by atoms with Crippen molar-refractivity contribution >= 4 is 0 Å². The van der Waals surface area contributed by atoms with E-state index in [-0.39, 0.29) is 6.04 Å². The van der Waals surface area contributed by atoms with Crippen LogP contribution in [0.1, 0.15) is 35.3 Å². The molecule has 23 heavy (non-hydrogen) atoms. The van der Waals surface area contributed by atoms with E-state index in [1.165, 1.54) is 16.7 Å². The van der Waals surface area contributed by atoms with E-state index in [9.17, 15) is 0 Å². The van der Waals surface area contributed by atoms with Crippen LogP contribution in [0.2, 0.25) is 0 Å². The highest BCUT2D eigenvalue weighted by Crippen LogP contribution is 2.24. The normalized spacial score (nSPS) is 12.0. The predicted octanol–water partition coefficient (Wildman–Crippen LogP) is 4.52. The van der Waals surface area contributed by atoms with Gasteiger partial charge in [-0.1, -0.05) is 67.6 Å². The summed E-state index contributed by atoms with van der Waals surface area (Å²) in [5.74, 6) is 0. The lowest BCUT2D eigenvalue weighted by molar-refractivity contribution is 0.587. The second-order valence-corrected chi connectivity index (χ2v) is 5.61. The first-order chi connectivity index (χ1) is 11.4. The molecular weight excluding hydrogens is 280 g/mol. The molecule has 0 bridgehead atoms. The van der Waals surface area contributed by atoms with Gasteiger partial charge in [0.05, 0.1) is 11.7 Å². The second-order valence-electron chi connectivity index (χ2n) is 5.61. The molecule has 2 aromatic carbocycles. The molecule has 1 aromatic heterocycles. The van der Waals surface area contributed by atoms with E-state index < -0.39 is 0 Å². The van der Waals surface area contributed by atoms with Crippen LogP contribution >= 0.6 is 0 Å². The van der Waals surface area contributed by atoms with Crippen molar-refractivity contribution in [1.29, 1.82) is 0 Å². The quantitative estimate of drug-likeness (QED) is 0.724. The molecule has 1 heterocycles. The molecule has 1 atom stereocenters. The Labute approximate surface area is 138 Å². The first kappa shape index (κ1) is 15.4. The maximum absolute atomic E-state index is 4.58. The van der Waals surface area contributed by atoms with Crippen LogP contribution in [0.4, 0.5) is 0 Å². The second kappa shape index (κ2) is 7.70. The first-order valence-electron chi connectivity index (χ1n) is 8.14. The van der Waals surface area contributed by atoms with E-state index in [1.54, 1.807) is 0 Å². The van der Waals surface area contributed by atoms with Crippen molar-refractivity contribution < 1.29 is 0 Å². The van der Waals surface area contributed by atoms with Gasteiger partial charge < -0.3 is 5.32 Å². The minimum Gasteiger partial charge on any atom is -0.301 e. The lowest BCUT2D eigenvalue weighted by Gasteiger charge is -2.21. The molecule has 0 aliphatic heterocycles. The molecule has 3 aromatic rings. The molecule has 3 rings (SSSR count). The third-order valence-corrected chi connectivity index (χ3v) is 4.08. The van der Waals surface area contributed by atoms with Crippen molar-refractivity contribution in [2.45, 2.75) is 25.9 Å². The lowest BCUT2D eigenvalue weighted by atomic mass is 9.95. The van der Waals surface area contributed by atoms with Crippen LogP contribution in [0.5, 0.6) is 0 Å². The number of nitrogens with zero attached hydrogens (tertiary/aromatic N) is 1. The summed E-state index contributed by atoms with van der Waals surface area (Å²) in [4.78, 5) is 4.58. The third kappa shape index (κ3) is 3.85. The van der Waals surface area contributed by atoms with Crippen molar-refractivity contribution in [1.82, 2.24) is 10.3 Å². The highest BCUT2D eigenvalue weighted by molar-refractivity contribution is 5.35. The molecule has 0 aliphatic rings. The average Bonchev–Trinajstić information content (AvgIpc) is 2.64. The maximum Gasteiger partial charge on any atom is 0.0756 e. The topological polar surface area (TPSA) is 24.9 Å². The summed E-state index contributed by atoms with van der Waals surface area (Å²) in [6.45, 7) is 3.02. The summed E-state index contributed by atoms with van der Waals surface area (Å²) in [6.07, 6.45) is 2.88. The van der Waals surface area contributed by atoms with E-state index in [0.29, 0.717) is 0 Å². The number of nitrogens with one attached hydrogen (secondary N) is 1. The molecule has 0 saturated heterocycles. The zero-order valence-corrected chi connectivity index (χ0v) is 13.4. The Balaban J connectivity index is 1.91. The summed E-state index contributed by atoms with van der Waals surface area (Å²) in [5, 5.41) is 3.68. The number of aryl methyl sites for hydroxylation is 1. The van der Waals surface area contributed by atoms with Crippen LogP contribution in [0.15, 0.2) is 79.0 Å². The maximum atomic E-state index is 4.58. The summed E-state index contributed by atoms with van der Waals surface area (Å²) < 4.78 is 0. The molecule has 1 unspecified atom stereocenters. The van der Waals surface area contributed by atoms with Crippen LogP contribution in [-0.4, -0.2) is 4.98 Å². The smallest absolute Gasteiger partial charge is 0.0756 e. The van der Waals surface area contributed by atoms with Gasteiger partial charge in [0.2, 0.25) is 0 Å². The summed E-state index contributed by atoms with van der Waals surface area (Å²) in [6, 6.07) is 25.3. The molecule has 0 aliphatic carbocycles. The Bertz CT molecular complexity index is 723. The van der Waals surface area contributed by atoms with Gasteiger partial charge in [-0.05, 0) is 35.2 Å². The number of hydrogen-bond acceptors (Lipinski definition) is 2. The molecule has 0 fully saturated rings. The van der Waals surface area contributed by atoms with Crippen LogP contribution < -0.4 is 5.32 Å². The van der Waals surface area contributed by atoms with E-state index >= 15 is 0 Å². The highest BCUT2D eigenvalue weighted by atomic mass is 14.9. The minimum atomic E-state index is 0.104. The average molecular weight is 302 g/mol. The zero-order chi connectivity index (χ0) is 15.9. The van der Waals surface area contributed by atoms with Crippen LogP contribution in [0.3, 0.4) is 0 Å². The van der Waals surface area contributed by atoms with Gasteiger partial charge in [0.25, 0.3) is 0 Å². The van der Waals surface area contributed by atoms with Gasteiger partial charge in [0.15, 0.2) is 0 Å². The molecule has 0 amide bonds. The predicted molar refractivity (Wildman–Crippen MR) is 95.2 cm³/mol. The number of hydrogen-bond donors (Lipinski definition) is 1. The van der Waals surface area contributed by atoms with Crippen molar-refractivity contribution in [2.24, 2.45) is 0 Å². The molecular formula is C21H22N2. The van der Waals surface area contributed by atoms with E-state index in [1.807, 2.05) is 24.4 Å². The number of aromatic nitrogens is 1. The number of rotatable bonds is 6. The Morgan fingerprint density at radius 3 is 2.35 bits per heavy atom. The van der Waals surface area contributed by atoms with Gasteiger partial charge >= 0.3 is 0 Å². The minimum absolute atomic E-state index is 0.104. The van der Waals surface area contributed by atoms with E-state index in [4.69, 9.17) is 0 Å². The zero-order valence-electron chi connectivity index (χ0n) is 13.4. The fourth-order valence-corrected chi connectivity index (χ4v) is 2.87. The van der Waals surface area contributed by atoms with E-state index in [0.717, 1.165) is 18.7 Å². The fraction of sp³-hybridized carbons (Fsp3) is 0.190. The van der Waals surface area contributed by atoms with Gasteiger partial charge in [0, 0.05) is 12.7 Å². The van der Waals surface area contributed by atoms with E-state index in [2.05, 4.69) is 71.8 Å². The monoisotopic (exact) mass is 302 g/mol. The number of benzene rings is 2. The van der Waals surface area contributed by atoms with Crippen LogP contribution in [0, 0.1) is 0 Å². The molecule has 1 N–H and O–H groups in total. The third-order valence-electron chi connectivity index (χ3n) is 4.08. The van der Waals surface area contributed by atoms with Crippen LogP contribution in [0.25, 0.3) is 0 Å². The van der Waals surface area contributed by atoms with Crippen molar-refractivity contribution in [3.05, 3.63) is 101 Å². The fourth-order valence-electron chi connectivity index (χ4n) is 2.87. The van der Waals surface area contributed by atoms with Gasteiger partial charge in [-0.15, -0.1) is 0 Å². The highest BCUT2D eigenvalue weighted by Gasteiger charge is 2.17. The first-order valence-corrected chi connectivity index (χ1v) is 8.14. The van der Waals surface area contributed by atoms with Crippen LogP contribution in [-0.2, 0) is 13.0 Å². The Morgan fingerprint density at radius 1 is 0.870 bits per heavy atom. The molecule has 0 saturated carbocycles. The number of pyridine rings is 1.